The molecule has 96 valence electrons. The third kappa shape index (κ3) is 2.06. The highest BCUT2D eigenvalue weighted by Gasteiger charge is 2.63. The van der Waals surface area contributed by atoms with E-state index in [1.807, 2.05) is 11.3 Å². The second-order valence-electron chi connectivity index (χ2n) is 6.59. The lowest BCUT2D eigenvalue weighted by atomic mass is 10.0. The molecule has 1 unspecified atom stereocenters. The van der Waals surface area contributed by atoms with Crippen LogP contribution in [-0.4, -0.2) is 6.54 Å². The molecule has 1 saturated carbocycles. The second-order valence-corrected chi connectivity index (χ2v) is 7.54. The average Bonchev–Trinajstić information content (AvgIpc) is 2.55. The lowest BCUT2D eigenvalue weighted by molar-refractivity contribution is 0.457. The van der Waals surface area contributed by atoms with E-state index in [9.17, 15) is 0 Å². The van der Waals surface area contributed by atoms with Crippen molar-refractivity contribution in [2.24, 2.45) is 16.7 Å². The van der Waals surface area contributed by atoms with Gasteiger partial charge in [-0.3, -0.25) is 0 Å². The Hall–Kier alpha value is -0.340. The molecule has 1 N–H and O–H groups in total. The predicted molar refractivity (Wildman–Crippen MR) is 76.5 cm³/mol. The van der Waals surface area contributed by atoms with Crippen molar-refractivity contribution >= 4 is 11.3 Å². The summed E-state index contributed by atoms with van der Waals surface area (Å²) < 4.78 is 0. The molecule has 0 aliphatic heterocycles. The summed E-state index contributed by atoms with van der Waals surface area (Å²) in [6, 6.07) is 2.70. The highest BCUT2D eigenvalue weighted by atomic mass is 32.1. The Balaban J connectivity index is 1.91. The highest BCUT2D eigenvalue weighted by molar-refractivity contribution is 7.10. The van der Waals surface area contributed by atoms with E-state index in [2.05, 4.69) is 58.3 Å². The van der Waals surface area contributed by atoms with Gasteiger partial charge >= 0.3 is 0 Å². The summed E-state index contributed by atoms with van der Waals surface area (Å²) in [6.45, 7) is 15.2. The molecule has 0 saturated heterocycles. The van der Waals surface area contributed by atoms with E-state index >= 15 is 0 Å². The van der Waals surface area contributed by atoms with Crippen LogP contribution in [0, 0.1) is 23.7 Å². The Morgan fingerprint density at radius 2 is 1.88 bits per heavy atom. The van der Waals surface area contributed by atoms with E-state index in [-0.39, 0.29) is 0 Å². The van der Waals surface area contributed by atoms with Gasteiger partial charge in [0, 0.05) is 10.9 Å². The first-order chi connectivity index (χ1) is 7.78. The van der Waals surface area contributed by atoms with Crippen LogP contribution in [0.4, 0.5) is 0 Å². The monoisotopic (exact) mass is 251 g/mol. The first-order valence-electron chi connectivity index (χ1n) is 6.56. The molecule has 2 heteroatoms. The van der Waals surface area contributed by atoms with Gasteiger partial charge in [-0.15, -0.1) is 11.3 Å². The van der Waals surface area contributed by atoms with Crippen LogP contribution in [0.15, 0.2) is 11.4 Å². The minimum atomic E-state index is 0.488. The molecule has 17 heavy (non-hydrogen) atoms. The van der Waals surface area contributed by atoms with Gasteiger partial charge < -0.3 is 5.32 Å². The number of thiophene rings is 1. The van der Waals surface area contributed by atoms with Crippen LogP contribution in [0.1, 0.15) is 51.1 Å². The summed E-state index contributed by atoms with van der Waals surface area (Å²) in [6.07, 6.45) is 0. The van der Waals surface area contributed by atoms with Crippen molar-refractivity contribution < 1.29 is 0 Å². The fraction of sp³-hybridized carbons (Fsp3) is 0.733. The van der Waals surface area contributed by atoms with Crippen LogP contribution in [0.2, 0.25) is 0 Å². The minimum Gasteiger partial charge on any atom is -0.309 e. The van der Waals surface area contributed by atoms with Gasteiger partial charge in [-0.05, 0) is 54.1 Å². The van der Waals surface area contributed by atoms with Crippen molar-refractivity contribution in [3.05, 3.63) is 21.9 Å². The molecule has 0 spiro atoms. The fourth-order valence-electron chi connectivity index (χ4n) is 3.06. The molecule has 1 nitrogen and oxygen atoms in total. The molecular weight excluding hydrogens is 226 g/mol. The zero-order valence-electron chi connectivity index (χ0n) is 11.9. The molecule has 0 bridgehead atoms. The Kier molecular flexibility index (Phi) is 3.16. The topological polar surface area (TPSA) is 12.0 Å². The van der Waals surface area contributed by atoms with Gasteiger partial charge in [0.05, 0.1) is 0 Å². The number of hydrogen-bond acceptors (Lipinski definition) is 2. The van der Waals surface area contributed by atoms with Gasteiger partial charge in [-0.25, -0.2) is 0 Å². The Bertz CT molecular complexity index is 389. The molecule has 1 atom stereocenters. The standard InChI is InChI=1S/C15H25NS/c1-10-7-8-17-13(10)11(2)16-9-12-14(3,4)15(12,5)6/h7-8,11-12,16H,9H2,1-6H3. The van der Waals surface area contributed by atoms with Crippen LogP contribution in [0.25, 0.3) is 0 Å². The fourth-order valence-corrected chi connectivity index (χ4v) is 4.02. The third-order valence-electron chi connectivity index (χ3n) is 5.24. The Morgan fingerprint density at radius 1 is 1.29 bits per heavy atom. The SMILES string of the molecule is Cc1ccsc1C(C)NCC1C(C)(C)C1(C)C. The Labute approximate surface area is 110 Å². The second kappa shape index (κ2) is 4.10. The summed E-state index contributed by atoms with van der Waals surface area (Å²) in [5, 5.41) is 5.90. The van der Waals surface area contributed by atoms with Crippen molar-refractivity contribution in [2.75, 3.05) is 6.54 Å². The quantitative estimate of drug-likeness (QED) is 0.837. The largest absolute Gasteiger partial charge is 0.309 e. The molecule has 0 radical (unpaired) electrons. The van der Waals surface area contributed by atoms with Crippen molar-refractivity contribution in [2.45, 2.75) is 47.6 Å². The zero-order valence-corrected chi connectivity index (χ0v) is 12.7. The maximum Gasteiger partial charge on any atom is 0.0388 e. The normalized spacial score (nSPS) is 23.6. The predicted octanol–water partition coefficient (Wildman–Crippen LogP) is 4.39. The molecule has 1 aliphatic carbocycles. The maximum absolute atomic E-state index is 3.71. The molecule has 1 heterocycles. The minimum absolute atomic E-state index is 0.488. The van der Waals surface area contributed by atoms with Gasteiger partial charge in [-0.1, -0.05) is 27.7 Å². The molecule has 1 aliphatic rings. The molecule has 2 rings (SSSR count). The first kappa shape index (κ1) is 13.1. The molecule has 0 amide bonds. The van der Waals surface area contributed by atoms with E-state index in [0.29, 0.717) is 16.9 Å². The molecule has 0 aromatic carbocycles. The van der Waals surface area contributed by atoms with Crippen molar-refractivity contribution in [1.82, 2.24) is 5.32 Å². The average molecular weight is 251 g/mol. The number of hydrogen-bond donors (Lipinski definition) is 1. The molecule has 1 aromatic rings. The van der Waals surface area contributed by atoms with Gasteiger partial charge in [0.25, 0.3) is 0 Å². The molecule has 1 fully saturated rings. The Morgan fingerprint density at radius 3 is 2.29 bits per heavy atom. The van der Waals surface area contributed by atoms with Crippen LogP contribution >= 0.6 is 11.3 Å². The number of aryl methyl sites for hydroxylation is 1. The lowest BCUT2D eigenvalue weighted by Gasteiger charge is -2.14. The smallest absolute Gasteiger partial charge is 0.0388 e. The summed E-state index contributed by atoms with van der Waals surface area (Å²) in [5.41, 5.74) is 2.40. The van der Waals surface area contributed by atoms with E-state index < -0.39 is 0 Å². The van der Waals surface area contributed by atoms with E-state index in [1.165, 1.54) is 10.4 Å². The highest BCUT2D eigenvalue weighted by Crippen LogP contribution is 2.68. The van der Waals surface area contributed by atoms with Crippen molar-refractivity contribution in [1.29, 1.82) is 0 Å². The zero-order chi connectivity index (χ0) is 12.8. The van der Waals surface area contributed by atoms with E-state index in [1.54, 1.807) is 0 Å². The van der Waals surface area contributed by atoms with Crippen molar-refractivity contribution in [3.8, 4) is 0 Å². The summed E-state index contributed by atoms with van der Waals surface area (Å²) in [5.74, 6) is 0.803. The molecular formula is C15H25NS. The van der Waals surface area contributed by atoms with E-state index in [0.717, 1.165) is 12.5 Å². The summed E-state index contributed by atoms with van der Waals surface area (Å²) in [7, 11) is 0. The molecule has 1 aromatic heterocycles. The van der Waals surface area contributed by atoms with Crippen LogP contribution in [-0.2, 0) is 0 Å². The first-order valence-corrected chi connectivity index (χ1v) is 7.44. The van der Waals surface area contributed by atoms with Crippen LogP contribution in [0.5, 0.6) is 0 Å². The maximum atomic E-state index is 3.71. The third-order valence-corrected chi connectivity index (χ3v) is 6.44. The van der Waals surface area contributed by atoms with Gasteiger partial charge in [0.15, 0.2) is 0 Å². The summed E-state index contributed by atoms with van der Waals surface area (Å²) >= 11 is 1.87. The van der Waals surface area contributed by atoms with Crippen LogP contribution < -0.4 is 5.32 Å². The summed E-state index contributed by atoms with van der Waals surface area (Å²) in [4.78, 5) is 1.49. The lowest BCUT2D eigenvalue weighted by Crippen LogP contribution is -2.22. The van der Waals surface area contributed by atoms with Crippen molar-refractivity contribution in [3.63, 3.8) is 0 Å². The number of rotatable bonds is 4. The van der Waals surface area contributed by atoms with Crippen LogP contribution in [0.3, 0.4) is 0 Å². The van der Waals surface area contributed by atoms with Gasteiger partial charge in [0.1, 0.15) is 0 Å². The van der Waals surface area contributed by atoms with Gasteiger partial charge in [0.2, 0.25) is 0 Å². The van der Waals surface area contributed by atoms with E-state index in [4.69, 9.17) is 0 Å². The number of nitrogens with one attached hydrogen (secondary N) is 1. The van der Waals surface area contributed by atoms with Gasteiger partial charge in [-0.2, -0.15) is 0 Å².